The van der Waals surface area contributed by atoms with E-state index < -0.39 is 0 Å². The lowest BCUT2D eigenvalue weighted by atomic mass is 10.3. The van der Waals surface area contributed by atoms with Crippen LogP contribution in [-0.2, 0) is 6.54 Å². The number of nitrogens with two attached hydrogens (primary N) is 1. The first-order valence-electron chi connectivity index (χ1n) is 5.18. The summed E-state index contributed by atoms with van der Waals surface area (Å²) in [6, 6.07) is 1.69. The third-order valence-corrected chi connectivity index (χ3v) is 2.19. The van der Waals surface area contributed by atoms with Crippen LogP contribution in [0, 0.1) is 0 Å². The molecule has 2 rings (SSSR count). The Hall–Kier alpha value is -2.09. The summed E-state index contributed by atoms with van der Waals surface area (Å²) < 4.78 is 6.69. The lowest BCUT2D eigenvalue weighted by molar-refractivity contribution is 0.397. The van der Waals surface area contributed by atoms with Gasteiger partial charge >= 0.3 is 0 Å². The smallest absolute Gasteiger partial charge is 0.216 e. The Morgan fingerprint density at radius 3 is 3.06 bits per heavy atom. The fourth-order valence-electron chi connectivity index (χ4n) is 1.35. The zero-order chi connectivity index (χ0) is 12.1. The third-order valence-electron chi connectivity index (χ3n) is 2.19. The van der Waals surface area contributed by atoms with Gasteiger partial charge in [-0.2, -0.15) is 0 Å². The minimum Gasteiger partial charge on any atom is -0.481 e. The maximum atomic E-state index is 5.45. The molecule has 0 spiro atoms. The zero-order valence-corrected chi connectivity index (χ0v) is 9.44. The van der Waals surface area contributed by atoms with Crippen LogP contribution in [0.2, 0.25) is 0 Å². The summed E-state index contributed by atoms with van der Waals surface area (Å²) in [5.74, 6) is 1.06. The molecular weight excluding hydrogens is 222 g/mol. The SMILES string of the molecule is COc1cc(-c2nnnn2CCCN)ncn1. The molecule has 90 valence electrons. The van der Waals surface area contributed by atoms with Gasteiger partial charge < -0.3 is 10.5 Å². The van der Waals surface area contributed by atoms with Gasteiger partial charge in [-0.15, -0.1) is 5.10 Å². The van der Waals surface area contributed by atoms with Crippen molar-refractivity contribution in [3.8, 4) is 17.4 Å². The van der Waals surface area contributed by atoms with E-state index in [1.54, 1.807) is 17.9 Å². The summed E-state index contributed by atoms with van der Waals surface area (Å²) in [6.07, 6.45) is 2.22. The van der Waals surface area contributed by atoms with E-state index in [1.165, 1.54) is 6.33 Å². The predicted molar refractivity (Wildman–Crippen MR) is 59.1 cm³/mol. The molecular formula is C9H13N7O. The van der Waals surface area contributed by atoms with Gasteiger partial charge in [0.15, 0.2) is 0 Å². The molecule has 8 heteroatoms. The number of nitrogens with zero attached hydrogens (tertiary/aromatic N) is 6. The highest BCUT2D eigenvalue weighted by atomic mass is 16.5. The summed E-state index contributed by atoms with van der Waals surface area (Å²) in [4.78, 5) is 8.04. The number of hydrogen-bond acceptors (Lipinski definition) is 7. The van der Waals surface area contributed by atoms with Gasteiger partial charge in [-0.05, 0) is 23.4 Å². The zero-order valence-electron chi connectivity index (χ0n) is 9.44. The highest BCUT2D eigenvalue weighted by Crippen LogP contribution is 2.16. The number of rotatable bonds is 5. The summed E-state index contributed by atoms with van der Waals surface area (Å²) in [5.41, 5.74) is 6.08. The van der Waals surface area contributed by atoms with Gasteiger partial charge in [0, 0.05) is 12.6 Å². The van der Waals surface area contributed by atoms with Crippen LogP contribution in [0.15, 0.2) is 12.4 Å². The lowest BCUT2D eigenvalue weighted by Crippen LogP contribution is -2.09. The number of ether oxygens (including phenoxy) is 1. The third kappa shape index (κ3) is 2.53. The molecule has 0 aromatic carbocycles. The van der Waals surface area contributed by atoms with Crippen molar-refractivity contribution in [3.05, 3.63) is 12.4 Å². The number of methoxy groups -OCH3 is 1. The first-order valence-corrected chi connectivity index (χ1v) is 5.18. The molecule has 0 aliphatic carbocycles. The topological polar surface area (TPSA) is 105 Å². The minimum absolute atomic E-state index is 0.475. The Bertz CT molecular complexity index is 484. The summed E-state index contributed by atoms with van der Waals surface area (Å²) in [5, 5.41) is 11.4. The van der Waals surface area contributed by atoms with E-state index in [0.29, 0.717) is 30.5 Å². The molecule has 8 nitrogen and oxygen atoms in total. The molecule has 0 bridgehead atoms. The molecule has 17 heavy (non-hydrogen) atoms. The molecule has 0 aliphatic rings. The molecule has 0 amide bonds. The molecule has 2 aromatic heterocycles. The predicted octanol–water partition coefficient (Wildman–Crippen LogP) is -0.512. The quantitative estimate of drug-likeness (QED) is 0.743. The Morgan fingerprint density at radius 2 is 2.29 bits per heavy atom. The molecule has 2 N–H and O–H groups in total. The van der Waals surface area contributed by atoms with Gasteiger partial charge in [0.05, 0.1) is 7.11 Å². The highest BCUT2D eigenvalue weighted by molar-refractivity contribution is 5.49. The van der Waals surface area contributed by atoms with Gasteiger partial charge in [-0.3, -0.25) is 0 Å². The van der Waals surface area contributed by atoms with Crippen molar-refractivity contribution in [2.45, 2.75) is 13.0 Å². The molecule has 0 aliphatic heterocycles. The van der Waals surface area contributed by atoms with E-state index in [4.69, 9.17) is 10.5 Å². The Morgan fingerprint density at radius 1 is 1.41 bits per heavy atom. The summed E-state index contributed by atoms with van der Waals surface area (Å²) in [6.45, 7) is 1.25. The second kappa shape index (κ2) is 5.30. The van der Waals surface area contributed by atoms with Crippen molar-refractivity contribution >= 4 is 0 Å². The maximum Gasteiger partial charge on any atom is 0.216 e. The number of tetrazole rings is 1. The number of aryl methyl sites for hydroxylation is 1. The van der Waals surface area contributed by atoms with Crippen LogP contribution >= 0.6 is 0 Å². The van der Waals surface area contributed by atoms with Crippen molar-refractivity contribution in [1.82, 2.24) is 30.2 Å². The van der Waals surface area contributed by atoms with E-state index in [1.807, 2.05) is 0 Å². The Labute approximate surface area is 97.8 Å². The standard InChI is InChI=1S/C9H13N7O/c1-17-8-5-7(11-6-12-8)9-13-14-15-16(9)4-2-3-10/h5-6H,2-4,10H2,1H3. The first-order chi connectivity index (χ1) is 8.35. The van der Waals surface area contributed by atoms with E-state index >= 15 is 0 Å². The Balaban J connectivity index is 2.28. The summed E-state index contributed by atoms with van der Waals surface area (Å²) in [7, 11) is 1.55. The minimum atomic E-state index is 0.475. The van der Waals surface area contributed by atoms with Gasteiger partial charge in [-0.25, -0.2) is 14.6 Å². The number of aromatic nitrogens is 6. The van der Waals surface area contributed by atoms with Crippen LogP contribution in [0.1, 0.15) is 6.42 Å². The second-order valence-electron chi connectivity index (χ2n) is 3.31. The van der Waals surface area contributed by atoms with E-state index in [9.17, 15) is 0 Å². The van der Waals surface area contributed by atoms with Gasteiger partial charge in [0.25, 0.3) is 0 Å². The van der Waals surface area contributed by atoms with Crippen molar-refractivity contribution in [1.29, 1.82) is 0 Å². The Kier molecular flexibility index (Phi) is 3.55. The average Bonchev–Trinajstić information content (AvgIpc) is 2.84. The van der Waals surface area contributed by atoms with Crippen LogP contribution in [0.3, 0.4) is 0 Å². The van der Waals surface area contributed by atoms with E-state index in [-0.39, 0.29) is 0 Å². The van der Waals surface area contributed by atoms with Crippen LogP contribution in [0.5, 0.6) is 5.88 Å². The van der Waals surface area contributed by atoms with Crippen molar-refractivity contribution in [3.63, 3.8) is 0 Å². The lowest BCUT2D eigenvalue weighted by Gasteiger charge is -2.03. The molecule has 0 atom stereocenters. The fraction of sp³-hybridized carbons (Fsp3) is 0.444. The molecule has 0 fully saturated rings. The van der Waals surface area contributed by atoms with Crippen LogP contribution in [0.4, 0.5) is 0 Å². The average molecular weight is 235 g/mol. The van der Waals surface area contributed by atoms with Crippen LogP contribution in [-0.4, -0.2) is 43.8 Å². The monoisotopic (exact) mass is 235 g/mol. The largest absolute Gasteiger partial charge is 0.481 e. The summed E-state index contributed by atoms with van der Waals surface area (Å²) >= 11 is 0. The van der Waals surface area contributed by atoms with Crippen molar-refractivity contribution in [2.75, 3.05) is 13.7 Å². The number of hydrogen-bond donors (Lipinski definition) is 1. The normalized spacial score (nSPS) is 10.5. The van der Waals surface area contributed by atoms with Crippen LogP contribution < -0.4 is 10.5 Å². The van der Waals surface area contributed by atoms with Gasteiger partial charge in [-0.1, -0.05) is 0 Å². The highest BCUT2D eigenvalue weighted by Gasteiger charge is 2.11. The van der Waals surface area contributed by atoms with Gasteiger partial charge in [0.2, 0.25) is 11.7 Å². The van der Waals surface area contributed by atoms with Gasteiger partial charge in [0.1, 0.15) is 12.0 Å². The molecule has 0 saturated heterocycles. The van der Waals surface area contributed by atoms with Crippen molar-refractivity contribution < 1.29 is 4.74 Å². The van der Waals surface area contributed by atoms with E-state index in [0.717, 1.165) is 6.42 Å². The van der Waals surface area contributed by atoms with Crippen molar-refractivity contribution in [2.24, 2.45) is 5.73 Å². The van der Waals surface area contributed by atoms with E-state index in [2.05, 4.69) is 25.5 Å². The molecule has 2 aromatic rings. The molecule has 2 heterocycles. The second-order valence-corrected chi connectivity index (χ2v) is 3.31. The first kappa shape index (κ1) is 11.4. The fourth-order valence-corrected chi connectivity index (χ4v) is 1.35. The maximum absolute atomic E-state index is 5.45. The van der Waals surface area contributed by atoms with Crippen LogP contribution in [0.25, 0.3) is 11.5 Å². The molecule has 0 radical (unpaired) electrons. The molecule has 0 saturated carbocycles. The molecule has 0 unspecified atom stereocenters.